The van der Waals surface area contributed by atoms with Crippen LogP contribution in [0.15, 0.2) is 18.2 Å². The van der Waals surface area contributed by atoms with Crippen LogP contribution in [0.5, 0.6) is 5.75 Å². The fourth-order valence-electron chi connectivity index (χ4n) is 3.55. The molecule has 28 heavy (non-hydrogen) atoms. The Morgan fingerprint density at radius 3 is 2.82 bits per heavy atom. The first-order chi connectivity index (χ1) is 13.3. The number of hydrogen-bond donors (Lipinski definition) is 2. The van der Waals surface area contributed by atoms with Gasteiger partial charge in [0, 0.05) is 9.90 Å². The van der Waals surface area contributed by atoms with E-state index in [4.69, 9.17) is 22.1 Å². The van der Waals surface area contributed by atoms with Gasteiger partial charge in [-0.05, 0) is 68.4 Å². The van der Waals surface area contributed by atoms with Crippen LogP contribution in [-0.4, -0.2) is 17.9 Å². The van der Waals surface area contributed by atoms with Gasteiger partial charge in [0.1, 0.15) is 10.8 Å². The number of carbonyl (C=O) groups is 2. The summed E-state index contributed by atoms with van der Waals surface area (Å²) in [5, 5.41) is 4.00. The predicted octanol–water partition coefficient (Wildman–Crippen LogP) is 4.73. The van der Waals surface area contributed by atoms with E-state index in [1.165, 1.54) is 11.3 Å². The summed E-state index contributed by atoms with van der Waals surface area (Å²) in [5.74, 6) is 0.399. The second kappa shape index (κ2) is 8.53. The smallest absolute Gasteiger partial charge is 0.265 e. The molecule has 1 aromatic heterocycles. The molecule has 2 aromatic rings. The molecule has 0 spiro atoms. The van der Waals surface area contributed by atoms with Crippen LogP contribution >= 0.6 is 22.9 Å². The lowest BCUT2D eigenvalue weighted by atomic mass is 9.85. The van der Waals surface area contributed by atoms with Crippen molar-refractivity contribution in [3.63, 3.8) is 0 Å². The largest absolute Gasteiger partial charge is 0.481 e. The zero-order valence-electron chi connectivity index (χ0n) is 16.3. The molecule has 1 aromatic carbocycles. The molecule has 0 fully saturated rings. The number of ether oxygens (including phenoxy) is 1. The van der Waals surface area contributed by atoms with Crippen molar-refractivity contribution in [2.75, 3.05) is 5.32 Å². The number of nitrogens with two attached hydrogens (primary N) is 1. The summed E-state index contributed by atoms with van der Waals surface area (Å²) in [4.78, 5) is 25.9. The quantitative estimate of drug-likeness (QED) is 0.708. The third-order valence-corrected chi connectivity index (χ3v) is 6.64. The van der Waals surface area contributed by atoms with Gasteiger partial charge >= 0.3 is 0 Å². The molecular formula is C21H25ClN2O3S. The van der Waals surface area contributed by atoms with Gasteiger partial charge in [-0.2, -0.15) is 0 Å². The number of aryl methyl sites for hydroxylation is 1. The highest BCUT2D eigenvalue weighted by molar-refractivity contribution is 7.17. The summed E-state index contributed by atoms with van der Waals surface area (Å²) in [6.45, 7) is 5.72. The number of carbonyl (C=O) groups excluding carboxylic acids is 2. The molecule has 0 radical (unpaired) electrons. The van der Waals surface area contributed by atoms with Crippen LogP contribution < -0.4 is 15.8 Å². The first-order valence-electron chi connectivity index (χ1n) is 9.48. The lowest BCUT2D eigenvalue weighted by Crippen LogP contribution is -2.31. The highest BCUT2D eigenvalue weighted by Crippen LogP contribution is 2.40. The summed E-state index contributed by atoms with van der Waals surface area (Å²) < 4.78 is 5.79. The molecule has 2 atom stereocenters. The van der Waals surface area contributed by atoms with Crippen molar-refractivity contribution >= 4 is 39.8 Å². The summed E-state index contributed by atoms with van der Waals surface area (Å²) in [6, 6.07) is 5.24. The van der Waals surface area contributed by atoms with E-state index in [1.54, 1.807) is 25.1 Å². The van der Waals surface area contributed by atoms with E-state index in [0.29, 0.717) is 27.3 Å². The summed E-state index contributed by atoms with van der Waals surface area (Å²) in [5.41, 5.74) is 7.94. The lowest BCUT2D eigenvalue weighted by Gasteiger charge is -2.20. The van der Waals surface area contributed by atoms with Crippen LogP contribution in [0.2, 0.25) is 5.02 Å². The summed E-state index contributed by atoms with van der Waals surface area (Å²) in [7, 11) is 0. The maximum absolute atomic E-state index is 12.7. The number of amides is 2. The van der Waals surface area contributed by atoms with E-state index < -0.39 is 12.0 Å². The molecule has 2 amide bonds. The number of anilines is 1. The van der Waals surface area contributed by atoms with Crippen molar-refractivity contribution in [1.29, 1.82) is 0 Å². The molecule has 1 heterocycles. The van der Waals surface area contributed by atoms with E-state index in [-0.39, 0.29) is 5.91 Å². The van der Waals surface area contributed by atoms with Crippen molar-refractivity contribution in [3.05, 3.63) is 44.8 Å². The molecule has 0 aliphatic heterocycles. The zero-order chi connectivity index (χ0) is 20.4. The predicted molar refractivity (Wildman–Crippen MR) is 114 cm³/mol. The zero-order valence-corrected chi connectivity index (χ0v) is 17.9. The minimum Gasteiger partial charge on any atom is -0.481 e. The van der Waals surface area contributed by atoms with Crippen molar-refractivity contribution < 1.29 is 14.3 Å². The van der Waals surface area contributed by atoms with Gasteiger partial charge in [0.15, 0.2) is 6.10 Å². The van der Waals surface area contributed by atoms with Crippen LogP contribution in [0.25, 0.3) is 0 Å². The second-order valence-corrected chi connectivity index (χ2v) is 8.79. The lowest BCUT2D eigenvalue weighted by molar-refractivity contribution is -0.122. The molecule has 1 aliphatic carbocycles. The average molecular weight is 421 g/mol. The van der Waals surface area contributed by atoms with E-state index in [1.807, 2.05) is 6.92 Å². The third-order valence-electron chi connectivity index (χ3n) is 5.24. The summed E-state index contributed by atoms with van der Waals surface area (Å²) in [6.07, 6.45) is 3.18. The van der Waals surface area contributed by atoms with Crippen LogP contribution in [-0.2, 0) is 17.6 Å². The topological polar surface area (TPSA) is 81.4 Å². The Hall–Kier alpha value is -2.05. The first-order valence-corrected chi connectivity index (χ1v) is 10.7. The maximum atomic E-state index is 12.7. The van der Waals surface area contributed by atoms with Crippen molar-refractivity contribution in [2.45, 2.75) is 52.6 Å². The van der Waals surface area contributed by atoms with E-state index in [9.17, 15) is 9.59 Å². The Labute approximate surface area is 174 Å². The van der Waals surface area contributed by atoms with Crippen LogP contribution in [0.1, 0.15) is 53.1 Å². The monoisotopic (exact) mass is 420 g/mol. The number of halogens is 1. The van der Waals surface area contributed by atoms with Crippen LogP contribution in [0, 0.1) is 12.8 Å². The van der Waals surface area contributed by atoms with E-state index in [2.05, 4.69) is 12.2 Å². The van der Waals surface area contributed by atoms with Crippen molar-refractivity contribution in [1.82, 2.24) is 0 Å². The standard InChI is InChI=1S/C21H25ClN2O3S/c1-4-13-5-7-15-17(10-13)28-21(18(15)19(23)25)24-20(26)12(3)27-16-8-6-14(22)9-11(16)2/h6,8-9,12-13H,4-5,7,10H2,1-3H3,(H2,23,25)(H,24,26). The summed E-state index contributed by atoms with van der Waals surface area (Å²) >= 11 is 7.42. The molecule has 2 unspecified atom stereocenters. The van der Waals surface area contributed by atoms with Gasteiger partial charge < -0.3 is 15.8 Å². The fraction of sp³-hybridized carbons (Fsp3) is 0.429. The first kappa shape index (κ1) is 20.7. The third kappa shape index (κ3) is 4.33. The van der Waals surface area contributed by atoms with Gasteiger partial charge in [-0.25, -0.2) is 0 Å². The molecule has 150 valence electrons. The number of thiophene rings is 1. The molecule has 0 saturated heterocycles. The number of rotatable bonds is 6. The van der Waals surface area contributed by atoms with Gasteiger partial charge in [-0.1, -0.05) is 24.9 Å². The maximum Gasteiger partial charge on any atom is 0.265 e. The van der Waals surface area contributed by atoms with Crippen LogP contribution in [0.3, 0.4) is 0 Å². The Morgan fingerprint density at radius 1 is 1.43 bits per heavy atom. The van der Waals surface area contributed by atoms with E-state index >= 15 is 0 Å². The number of fused-ring (bicyclic) bond motifs is 1. The number of benzene rings is 1. The molecular weight excluding hydrogens is 396 g/mol. The Kier molecular flexibility index (Phi) is 6.30. The van der Waals surface area contributed by atoms with Gasteiger partial charge in [0.05, 0.1) is 5.56 Å². The molecule has 0 saturated carbocycles. The van der Waals surface area contributed by atoms with Gasteiger partial charge in [-0.15, -0.1) is 11.3 Å². The molecule has 0 bridgehead atoms. The van der Waals surface area contributed by atoms with Gasteiger partial charge in [0.2, 0.25) is 0 Å². The fourth-order valence-corrected chi connectivity index (χ4v) is 5.15. The molecule has 7 heteroatoms. The van der Waals surface area contributed by atoms with E-state index in [0.717, 1.165) is 41.7 Å². The highest BCUT2D eigenvalue weighted by atomic mass is 35.5. The number of hydrogen-bond acceptors (Lipinski definition) is 4. The Morgan fingerprint density at radius 2 is 2.18 bits per heavy atom. The molecule has 1 aliphatic rings. The minimum absolute atomic E-state index is 0.317. The van der Waals surface area contributed by atoms with Crippen LogP contribution in [0.4, 0.5) is 5.00 Å². The van der Waals surface area contributed by atoms with Gasteiger partial charge in [-0.3, -0.25) is 9.59 Å². The number of nitrogens with one attached hydrogen (secondary N) is 1. The number of primary amides is 1. The Bertz CT molecular complexity index is 909. The van der Waals surface area contributed by atoms with Gasteiger partial charge in [0.25, 0.3) is 11.8 Å². The SMILES string of the molecule is CCC1CCc2c(sc(NC(=O)C(C)Oc3ccc(Cl)cc3C)c2C(N)=O)C1. The normalized spacial score (nSPS) is 16.9. The minimum atomic E-state index is -0.733. The average Bonchev–Trinajstić information content (AvgIpc) is 3.00. The highest BCUT2D eigenvalue weighted by Gasteiger charge is 2.29. The Balaban J connectivity index is 1.78. The molecule has 5 nitrogen and oxygen atoms in total. The molecule has 3 rings (SSSR count). The molecule has 3 N–H and O–H groups in total. The van der Waals surface area contributed by atoms with Crippen molar-refractivity contribution in [3.8, 4) is 5.75 Å². The van der Waals surface area contributed by atoms with Crippen molar-refractivity contribution in [2.24, 2.45) is 11.7 Å². The second-order valence-electron chi connectivity index (χ2n) is 7.25.